The number of aromatic nitrogens is 3. The van der Waals surface area contributed by atoms with E-state index in [4.69, 9.17) is 16.1 Å². The van der Waals surface area contributed by atoms with Crippen LogP contribution in [0.1, 0.15) is 12.3 Å². The van der Waals surface area contributed by atoms with Crippen LogP contribution in [0.5, 0.6) is 0 Å². The molecule has 0 unspecified atom stereocenters. The molecule has 4 rings (SSSR count). The standard InChI is InChI=1S/C20H15ClN4O3/c21-13-5-3-6-14(11-13)22-17(26)8-9-18-24-19(25-28-18)15-10-12-4-1-2-7-16(12)23-20(15)27/h1-7,10-11H,8-9H2,(H,22,26)(H,23,27). The van der Waals surface area contributed by atoms with Crippen LogP contribution in [0.25, 0.3) is 22.3 Å². The minimum absolute atomic E-state index is 0.155. The van der Waals surface area contributed by atoms with Crippen molar-refractivity contribution in [1.29, 1.82) is 0 Å². The van der Waals surface area contributed by atoms with E-state index in [1.165, 1.54) is 0 Å². The smallest absolute Gasteiger partial charge is 0.259 e. The molecule has 2 N–H and O–H groups in total. The van der Waals surface area contributed by atoms with E-state index in [1.54, 1.807) is 30.3 Å². The maximum atomic E-state index is 12.3. The second-order valence-corrected chi connectivity index (χ2v) is 6.61. The number of rotatable bonds is 5. The lowest BCUT2D eigenvalue weighted by Gasteiger charge is -2.04. The van der Waals surface area contributed by atoms with E-state index in [1.807, 2.05) is 24.3 Å². The monoisotopic (exact) mass is 394 g/mol. The molecule has 0 atom stereocenters. The Kier molecular flexibility index (Phi) is 4.90. The van der Waals surface area contributed by atoms with Gasteiger partial charge in [0.05, 0.1) is 5.56 Å². The average molecular weight is 395 g/mol. The number of aromatic amines is 1. The molecule has 0 radical (unpaired) electrons. The Hall–Kier alpha value is -3.45. The van der Waals surface area contributed by atoms with Crippen molar-refractivity contribution in [2.24, 2.45) is 0 Å². The van der Waals surface area contributed by atoms with E-state index >= 15 is 0 Å². The third-order valence-electron chi connectivity index (χ3n) is 4.14. The number of carbonyl (C=O) groups is 1. The molecule has 0 aliphatic carbocycles. The topological polar surface area (TPSA) is 101 Å². The molecule has 0 saturated heterocycles. The highest BCUT2D eigenvalue weighted by atomic mass is 35.5. The second kappa shape index (κ2) is 7.66. The number of halogens is 1. The first-order valence-corrected chi connectivity index (χ1v) is 8.97. The number of anilines is 1. The normalized spacial score (nSPS) is 10.9. The molecule has 0 spiro atoms. The third kappa shape index (κ3) is 3.94. The van der Waals surface area contributed by atoms with Gasteiger partial charge in [0.25, 0.3) is 5.56 Å². The fourth-order valence-corrected chi connectivity index (χ4v) is 2.98. The summed E-state index contributed by atoms with van der Waals surface area (Å²) in [4.78, 5) is 31.4. The summed E-state index contributed by atoms with van der Waals surface area (Å²) in [5.74, 6) is 0.270. The summed E-state index contributed by atoms with van der Waals surface area (Å²) in [5.41, 5.74) is 1.37. The molecule has 0 fully saturated rings. The quantitative estimate of drug-likeness (QED) is 0.536. The van der Waals surface area contributed by atoms with Crippen molar-refractivity contribution in [3.63, 3.8) is 0 Å². The van der Waals surface area contributed by atoms with Crippen LogP contribution in [-0.4, -0.2) is 21.0 Å². The Morgan fingerprint density at radius 2 is 2.00 bits per heavy atom. The molecule has 0 saturated carbocycles. The lowest BCUT2D eigenvalue weighted by molar-refractivity contribution is -0.116. The number of hydrogen-bond acceptors (Lipinski definition) is 5. The first kappa shape index (κ1) is 17.9. The summed E-state index contributed by atoms with van der Waals surface area (Å²) in [6, 6.07) is 16.0. The molecular formula is C20H15ClN4O3. The average Bonchev–Trinajstić information content (AvgIpc) is 3.14. The second-order valence-electron chi connectivity index (χ2n) is 6.17. The zero-order chi connectivity index (χ0) is 19.5. The van der Waals surface area contributed by atoms with Crippen LogP contribution >= 0.6 is 11.6 Å². The van der Waals surface area contributed by atoms with Crippen LogP contribution in [-0.2, 0) is 11.2 Å². The molecule has 4 aromatic rings. The van der Waals surface area contributed by atoms with Crippen LogP contribution in [0.3, 0.4) is 0 Å². The number of hydrogen-bond donors (Lipinski definition) is 2. The van der Waals surface area contributed by atoms with Crippen LogP contribution in [0.2, 0.25) is 5.02 Å². The minimum atomic E-state index is -0.301. The number of nitrogens with one attached hydrogen (secondary N) is 2. The molecule has 7 nitrogen and oxygen atoms in total. The fourth-order valence-electron chi connectivity index (χ4n) is 2.79. The van der Waals surface area contributed by atoms with Gasteiger partial charge >= 0.3 is 0 Å². The van der Waals surface area contributed by atoms with Gasteiger partial charge in [-0.25, -0.2) is 0 Å². The number of nitrogens with zero attached hydrogens (tertiary/aromatic N) is 2. The maximum absolute atomic E-state index is 12.3. The summed E-state index contributed by atoms with van der Waals surface area (Å²) in [5, 5.41) is 8.03. The molecule has 2 aromatic carbocycles. The number of aryl methyl sites for hydroxylation is 1. The van der Waals surface area contributed by atoms with Crippen LogP contribution in [0, 0.1) is 0 Å². The number of amides is 1. The van der Waals surface area contributed by atoms with Crippen LogP contribution < -0.4 is 10.9 Å². The van der Waals surface area contributed by atoms with Crippen molar-refractivity contribution in [3.8, 4) is 11.4 Å². The first-order valence-electron chi connectivity index (χ1n) is 8.59. The molecule has 1 amide bonds. The van der Waals surface area contributed by atoms with Crippen molar-refractivity contribution in [2.45, 2.75) is 12.8 Å². The highest BCUT2D eigenvalue weighted by Crippen LogP contribution is 2.18. The minimum Gasteiger partial charge on any atom is -0.339 e. The Labute approximate surface area is 164 Å². The van der Waals surface area contributed by atoms with E-state index in [9.17, 15) is 9.59 Å². The van der Waals surface area contributed by atoms with Gasteiger partial charge in [0.2, 0.25) is 17.6 Å². The molecular weight excluding hydrogens is 380 g/mol. The molecule has 28 heavy (non-hydrogen) atoms. The maximum Gasteiger partial charge on any atom is 0.259 e. The molecule has 2 heterocycles. The lowest BCUT2D eigenvalue weighted by Crippen LogP contribution is -2.12. The van der Waals surface area contributed by atoms with E-state index < -0.39 is 0 Å². The number of fused-ring (bicyclic) bond motifs is 1. The van der Waals surface area contributed by atoms with E-state index in [0.717, 1.165) is 10.9 Å². The molecule has 2 aromatic heterocycles. The highest BCUT2D eigenvalue weighted by Gasteiger charge is 2.14. The van der Waals surface area contributed by atoms with E-state index in [-0.39, 0.29) is 36.0 Å². The highest BCUT2D eigenvalue weighted by molar-refractivity contribution is 6.30. The number of pyridine rings is 1. The predicted molar refractivity (Wildman–Crippen MR) is 106 cm³/mol. The number of carbonyl (C=O) groups excluding carboxylic acids is 1. The fraction of sp³-hybridized carbons (Fsp3) is 0.100. The Morgan fingerprint density at radius 1 is 1.14 bits per heavy atom. The Balaban J connectivity index is 1.45. The third-order valence-corrected chi connectivity index (χ3v) is 4.37. The first-order chi connectivity index (χ1) is 13.6. The van der Waals surface area contributed by atoms with Crippen molar-refractivity contribution in [2.75, 3.05) is 5.32 Å². The summed E-state index contributed by atoms with van der Waals surface area (Å²) in [6.07, 6.45) is 0.410. The van der Waals surface area contributed by atoms with Gasteiger partial charge in [0.15, 0.2) is 0 Å². The SMILES string of the molecule is O=C(CCc1nc(-c2cc3ccccc3[nH]c2=O)no1)Nc1cccc(Cl)c1. The molecule has 0 aliphatic rings. The molecule has 8 heteroatoms. The van der Waals surface area contributed by atoms with Gasteiger partial charge in [0.1, 0.15) is 0 Å². The van der Waals surface area contributed by atoms with Gasteiger partial charge < -0.3 is 14.8 Å². The van der Waals surface area contributed by atoms with Crippen molar-refractivity contribution < 1.29 is 9.32 Å². The largest absolute Gasteiger partial charge is 0.339 e. The number of benzene rings is 2. The van der Waals surface area contributed by atoms with Gasteiger partial charge in [-0.3, -0.25) is 9.59 Å². The van der Waals surface area contributed by atoms with Gasteiger partial charge in [-0.2, -0.15) is 4.98 Å². The van der Waals surface area contributed by atoms with Gasteiger partial charge in [-0.1, -0.05) is 41.0 Å². The van der Waals surface area contributed by atoms with Crippen molar-refractivity contribution >= 4 is 34.1 Å². The molecule has 140 valence electrons. The molecule has 0 aliphatic heterocycles. The van der Waals surface area contributed by atoms with Gasteiger partial charge in [-0.05, 0) is 35.7 Å². The van der Waals surface area contributed by atoms with Gasteiger partial charge in [0, 0.05) is 29.1 Å². The predicted octanol–water partition coefficient (Wildman–Crippen LogP) is 3.80. The van der Waals surface area contributed by atoms with Crippen molar-refractivity contribution in [1.82, 2.24) is 15.1 Å². The number of para-hydroxylation sites is 1. The Morgan fingerprint density at radius 3 is 2.86 bits per heavy atom. The van der Waals surface area contributed by atoms with E-state index in [2.05, 4.69) is 20.4 Å². The molecule has 0 bridgehead atoms. The van der Waals surface area contributed by atoms with Crippen LogP contribution in [0.4, 0.5) is 5.69 Å². The van der Waals surface area contributed by atoms with Crippen molar-refractivity contribution in [3.05, 3.63) is 75.9 Å². The summed E-state index contributed by atoms with van der Waals surface area (Å²) in [7, 11) is 0. The summed E-state index contributed by atoms with van der Waals surface area (Å²) < 4.78 is 5.19. The lowest BCUT2D eigenvalue weighted by atomic mass is 10.1. The zero-order valence-electron chi connectivity index (χ0n) is 14.6. The van der Waals surface area contributed by atoms with Gasteiger partial charge in [-0.15, -0.1) is 0 Å². The zero-order valence-corrected chi connectivity index (χ0v) is 15.4. The number of H-pyrrole nitrogens is 1. The summed E-state index contributed by atoms with van der Waals surface area (Å²) in [6.45, 7) is 0. The van der Waals surface area contributed by atoms with E-state index in [0.29, 0.717) is 16.3 Å². The summed E-state index contributed by atoms with van der Waals surface area (Å²) >= 11 is 5.90. The van der Waals surface area contributed by atoms with Crippen LogP contribution in [0.15, 0.2) is 63.9 Å². The Bertz CT molecular complexity index is 1220.